The van der Waals surface area contributed by atoms with Crippen LogP contribution in [0.4, 0.5) is 11.4 Å². The Morgan fingerprint density at radius 1 is 1.06 bits per heavy atom. The van der Waals surface area contributed by atoms with E-state index in [1.54, 1.807) is 55.6 Å². The van der Waals surface area contributed by atoms with Gasteiger partial charge in [-0.15, -0.1) is 0 Å². The minimum atomic E-state index is -0.485. The second kappa shape index (κ2) is 9.60. The van der Waals surface area contributed by atoms with E-state index in [1.165, 1.54) is 24.3 Å². The van der Waals surface area contributed by atoms with Crippen LogP contribution in [0.1, 0.15) is 0 Å². The number of nitro groups is 1. The zero-order valence-electron chi connectivity index (χ0n) is 17.4. The summed E-state index contributed by atoms with van der Waals surface area (Å²) in [5.74, 6) is 1.21. The first-order chi connectivity index (χ1) is 16.0. The number of ether oxygens (including phenoxy) is 2. The van der Waals surface area contributed by atoms with Crippen LogP contribution in [0.15, 0.2) is 77.3 Å². The van der Waals surface area contributed by atoms with E-state index >= 15 is 0 Å². The van der Waals surface area contributed by atoms with Gasteiger partial charge in [-0.05, 0) is 48.5 Å². The summed E-state index contributed by atoms with van der Waals surface area (Å²) in [5.41, 5.74) is 1.65. The van der Waals surface area contributed by atoms with Crippen molar-refractivity contribution in [3.05, 3.63) is 82.9 Å². The molecule has 0 bridgehead atoms. The number of hydrogen-bond donors (Lipinski definition) is 1. The van der Waals surface area contributed by atoms with Gasteiger partial charge in [0, 0.05) is 23.4 Å². The van der Waals surface area contributed by atoms with Gasteiger partial charge in [0.05, 0.1) is 17.6 Å². The van der Waals surface area contributed by atoms with Crippen molar-refractivity contribution in [1.29, 1.82) is 0 Å². The van der Waals surface area contributed by atoms with Crippen molar-refractivity contribution in [1.82, 2.24) is 10.1 Å². The largest absolute Gasteiger partial charge is 0.497 e. The number of nitrogens with zero attached hydrogens (tertiary/aromatic N) is 3. The van der Waals surface area contributed by atoms with Crippen molar-refractivity contribution in [2.24, 2.45) is 0 Å². The Hall–Kier alpha value is -4.73. The molecule has 0 fully saturated rings. The van der Waals surface area contributed by atoms with Gasteiger partial charge in [0.25, 0.3) is 17.5 Å². The van der Waals surface area contributed by atoms with Gasteiger partial charge in [-0.1, -0.05) is 17.3 Å². The zero-order chi connectivity index (χ0) is 23.2. The first-order valence-corrected chi connectivity index (χ1v) is 9.78. The normalized spacial score (nSPS) is 10.5. The first-order valence-electron chi connectivity index (χ1n) is 9.78. The summed E-state index contributed by atoms with van der Waals surface area (Å²) in [4.78, 5) is 27.0. The highest BCUT2D eigenvalue weighted by Gasteiger charge is 2.16. The summed E-state index contributed by atoms with van der Waals surface area (Å²) in [6, 6.07) is 19.7. The van der Waals surface area contributed by atoms with Gasteiger partial charge < -0.3 is 19.3 Å². The number of rotatable bonds is 8. The molecule has 1 heterocycles. The molecule has 33 heavy (non-hydrogen) atoms. The van der Waals surface area contributed by atoms with E-state index in [0.717, 1.165) is 0 Å². The van der Waals surface area contributed by atoms with E-state index in [1.807, 2.05) is 0 Å². The Morgan fingerprint density at radius 3 is 2.48 bits per heavy atom. The lowest BCUT2D eigenvalue weighted by molar-refractivity contribution is -0.384. The predicted octanol–water partition coefficient (Wildman–Crippen LogP) is 4.34. The molecule has 0 aliphatic heterocycles. The Morgan fingerprint density at radius 2 is 1.79 bits per heavy atom. The molecule has 0 unspecified atom stereocenters. The molecule has 10 nitrogen and oxygen atoms in total. The van der Waals surface area contributed by atoms with Crippen LogP contribution in [-0.4, -0.2) is 34.7 Å². The minimum absolute atomic E-state index is 0.0369. The smallest absolute Gasteiger partial charge is 0.269 e. The Labute approximate surface area is 187 Å². The zero-order valence-corrected chi connectivity index (χ0v) is 17.4. The molecule has 0 aliphatic rings. The highest BCUT2D eigenvalue weighted by molar-refractivity contribution is 5.92. The lowest BCUT2D eigenvalue weighted by atomic mass is 10.2. The van der Waals surface area contributed by atoms with E-state index < -0.39 is 4.92 Å². The molecular formula is C23H18N4O6. The molecule has 1 N–H and O–H groups in total. The van der Waals surface area contributed by atoms with Gasteiger partial charge in [0.15, 0.2) is 6.61 Å². The van der Waals surface area contributed by atoms with Crippen LogP contribution in [-0.2, 0) is 4.79 Å². The summed E-state index contributed by atoms with van der Waals surface area (Å²) in [6.45, 7) is -0.226. The second-order valence-corrected chi connectivity index (χ2v) is 6.79. The number of nitro benzene ring substituents is 1. The van der Waals surface area contributed by atoms with E-state index in [0.29, 0.717) is 28.3 Å². The van der Waals surface area contributed by atoms with Crippen molar-refractivity contribution in [3.8, 4) is 34.3 Å². The van der Waals surface area contributed by atoms with Gasteiger partial charge in [-0.2, -0.15) is 4.98 Å². The Kier molecular flexibility index (Phi) is 6.26. The molecule has 1 amide bonds. The van der Waals surface area contributed by atoms with Crippen LogP contribution >= 0.6 is 0 Å². The third-order valence-corrected chi connectivity index (χ3v) is 4.61. The molecule has 4 aromatic rings. The lowest BCUT2D eigenvalue weighted by Gasteiger charge is -2.10. The highest BCUT2D eigenvalue weighted by atomic mass is 16.6. The fourth-order valence-electron chi connectivity index (χ4n) is 2.97. The van der Waals surface area contributed by atoms with E-state index in [4.69, 9.17) is 14.0 Å². The average Bonchev–Trinajstić information content (AvgIpc) is 3.34. The molecule has 1 aromatic heterocycles. The number of carbonyl (C=O) groups is 1. The van der Waals surface area contributed by atoms with Crippen LogP contribution in [0.3, 0.4) is 0 Å². The summed E-state index contributed by atoms with van der Waals surface area (Å²) in [7, 11) is 1.57. The average molecular weight is 446 g/mol. The molecule has 0 saturated heterocycles. The SMILES string of the molecule is COc1ccc(NC(=O)COc2ccccc2-c2noc(-c3ccc([N+](=O)[O-])cc3)n2)cc1. The summed E-state index contributed by atoms with van der Waals surface area (Å²) in [6.07, 6.45) is 0. The number of benzene rings is 3. The van der Waals surface area contributed by atoms with E-state index in [-0.39, 0.29) is 29.9 Å². The summed E-state index contributed by atoms with van der Waals surface area (Å²) in [5, 5.41) is 17.5. The number of hydrogen-bond acceptors (Lipinski definition) is 8. The number of nitrogens with one attached hydrogen (secondary N) is 1. The maximum atomic E-state index is 12.3. The van der Waals surface area contributed by atoms with Crippen molar-refractivity contribution in [2.75, 3.05) is 19.0 Å². The molecule has 10 heteroatoms. The van der Waals surface area contributed by atoms with Crippen LogP contribution < -0.4 is 14.8 Å². The van der Waals surface area contributed by atoms with Crippen LogP contribution in [0.25, 0.3) is 22.8 Å². The van der Waals surface area contributed by atoms with Crippen LogP contribution in [0.2, 0.25) is 0 Å². The molecule has 3 aromatic carbocycles. The molecule has 0 spiro atoms. The van der Waals surface area contributed by atoms with Gasteiger partial charge in [-0.25, -0.2) is 0 Å². The molecular weight excluding hydrogens is 428 g/mol. The molecule has 0 aliphatic carbocycles. The van der Waals surface area contributed by atoms with E-state index in [2.05, 4.69) is 15.5 Å². The summed E-state index contributed by atoms with van der Waals surface area (Å²) >= 11 is 0. The van der Waals surface area contributed by atoms with Gasteiger partial charge in [0.2, 0.25) is 5.82 Å². The standard InChI is InChI=1S/C23H18N4O6/c1-31-18-12-8-16(9-13-18)24-21(28)14-32-20-5-3-2-4-19(20)22-25-23(33-26-22)15-6-10-17(11-7-15)27(29)30/h2-13H,14H2,1H3,(H,24,28). The third kappa shape index (κ3) is 5.13. The third-order valence-electron chi connectivity index (χ3n) is 4.61. The maximum Gasteiger partial charge on any atom is 0.269 e. The molecule has 4 rings (SSSR count). The fourth-order valence-corrected chi connectivity index (χ4v) is 2.97. The Bertz CT molecular complexity index is 1270. The molecule has 166 valence electrons. The number of para-hydroxylation sites is 1. The number of anilines is 1. The number of carbonyl (C=O) groups excluding carboxylic acids is 1. The number of non-ortho nitro benzene ring substituents is 1. The minimum Gasteiger partial charge on any atom is -0.497 e. The van der Waals surface area contributed by atoms with Gasteiger partial charge in [0.1, 0.15) is 11.5 Å². The van der Waals surface area contributed by atoms with Crippen molar-refractivity contribution >= 4 is 17.3 Å². The van der Waals surface area contributed by atoms with E-state index in [9.17, 15) is 14.9 Å². The van der Waals surface area contributed by atoms with Crippen molar-refractivity contribution in [3.63, 3.8) is 0 Å². The number of methoxy groups -OCH3 is 1. The highest BCUT2D eigenvalue weighted by Crippen LogP contribution is 2.30. The van der Waals surface area contributed by atoms with Crippen LogP contribution in [0, 0.1) is 10.1 Å². The molecule has 0 saturated carbocycles. The fraction of sp³-hybridized carbons (Fsp3) is 0.0870. The summed E-state index contributed by atoms with van der Waals surface area (Å²) < 4.78 is 16.1. The topological polar surface area (TPSA) is 130 Å². The number of amides is 1. The predicted molar refractivity (Wildman–Crippen MR) is 119 cm³/mol. The van der Waals surface area contributed by atoms with Gasteiger partial charge >= 0.3 is 0 Å². The second-order valence-electron chi connectivity index (χ2n) is 6.79. The van der Waals surface area contributed by atoms with Crippen LogP contribution in [0.5, 0.6) is 11.5 Å². The Balaban J connectivity index is 1.45. The quantitative estimate of drug-likeness (QED) is 0.313. The van der Waals surface area contributed by atoms with Crippen molar-refractivity contribution < 1.29 is 23.7 Å². The van der Waals surface area contributed by atoms with Crippen molar-refractivity contribution in [2.45, 2.75) is 0 Å². The first kappa shape index (κ1) is 21.5. The lowest BCUT2D eigenvalue weighted by Crippen LogP contribution is -2.20. The number of aromatic nitrogens is 2. The molecule has 0 radical (unpaired) electrons. The maximum absolute atomic E-state index is 12.3. The van der Waals surface area contributed by atoms with Gasteiger partial charge in [-0.3, -0.25) is 14.9 Å². The monoisotopic (exact) mass is 446 g/mol. The molecule has 0 atom stereocenters.